The highest BCUT2D eigenvalue weighted by Gasteiger charge is 2.52. The van der Waals surface area contributed by atoms with Crippen molar-refractivity contribution in [3.8, 4) is 23.1 Å². The molecule has 1 amide bonds. The number of hydrogen-bond acceptors (Lipinski definition) is 10. The van der Waals surface area contributed by atoms with Crippen LogP contribution in [0.5, 0.6) is 11.9 Å². The summed E-state index contributed by atoms with van der Waals surface area (Å²) in [6, 6.07) is 0.422. The number of anilines is 2. The van der Waals surface area contributed by atoms with Crippen LogP contribution in [0.2, 0.25) is 0 Å². The Balaban J connectivity index is 1.55. The Kier molecular flexibility index (Phi) is 8.29. The topological polar surface area (TPSA) is 131 Å². The molecule has 3 aromatic rings. The van der Waals surface area contributed by atoms with Gasteiger partial charge >= 0.3 is 12.2 Å². The van der Waals surface area contributed by atoms with Gasteiger partial charge < -0.3 is 30.7 Å². The molecule has 16 heteroatoms. The second-order valence-corrected chi connectivity index (χ2v) is 12.0. The van der Waals surface area contributed by atoms with E-state index in [1.807, 2.05) is 0 Å². The fraction of sp³-hybridized carbons (Fsp3) is 0.533. The van der Waals surface area contributed by atoms with Gasteiger partial charge in [0, 0.05) is 38.8 Å². The van der Waals surface area contributed by atoms with E-state index >= 15 is 4.39 Å². The van der Waals surface area contributed by atoms with Crippen LogP contribution in [0.25, 0.3) is 22.2 Å². The number of alkyl halides is 3. The van der Waals surface area contributed by atoms with Crippen molar-refractivity contribution in [2.45, 2.75) is 50.9 Å². The van der Waals surface area contributed by atoms with E-state index in [0.717, 1.165) is 13.3 Å². The van der Waals surface area contributed by atoms with Crippen molar-refractivity contribution in [2.75, 3.05) is 64.0 Å². The summed E-state index contributed by atoms with van der Waals surface area (Å²) >= 11 is 0. The maximum absolute atomic E-state index is 16.6. The van der Waals surface area contributed by atoms with Crippen LogP contribution in [0.1, 0.15) is 37.3 Å². The van der Waals surface area contributed by atoms with Crippen LogP contribution >= 0.6 is 0 Å². The Morgan fingerprint density at radius 3 is 2.67 bits per heavy atom. The van der Waals surface area contributed by atoms with Gasteiger partial charge in [-0.2, -0.15) is 23.1 Å². The molecule has 3 aliphatic heterocycles. The third-order valence-corrected chi connectivity index (χ3v) is 8.95. The summed E-state index contributed by atoms with van der Waals surface area (Å²) in [5, 5.41) is 6.35. The Morgan fingerprint density at radius 2 is 1.91 bits per heavy atom. The van der Waals surface area contributed by atoms with Gasteiger partial charge in [-0.1, -0.05) is 0 Å². The van der Waals surface area contributed by atoms with Gasteiger partial charge in [-0.25, -0.2) is 13.8 Å². The summed E-state index contributed by atoms with van der Waals surface area (Å²) in [5.74, 6) is -2.73. The maximum Gasteiger partial charge on any atom is 0.417 e. The molecule has 0 aliphatic carbocycles. The molecule has 3 aliphatic rings. The third-order valence-electron chi connectivity index (χ3n) is 8.95. The Morgan fingerprint density at radius 1 is 1.13 bits per heavy atom. The molecule has 5 heterocycles. The van der Waals surface area contributed by atoms with E-state index in [1.54, 1.807) is 18.9 Å². The van der Waals surface area contributed by atoms with Crippen LogP contribution < -0.4 is 25.8 Å². The molecule has 0 radical (unpaired) electrons. The first-order valence-electron chi connectivity index (χ1n) is 15.1. The molecule has 1 aromatic carbocycles. The van der Waals surface area contributed by atoms with Crippen LogP contribution in [-0.4, -0.2) is 95.2 Å². The summed E-state index contributed by atoms with van der Waals surface area (Å²) in [6.07, 6.45) is -3.73. The summed E-state index contributed by atoms with van der Waals surface area (Å²) in [7, 11) is 1.72. The largest absolute Gasteiger partial charge is 0.474 e. The fourth-order valence-electron chi connectivity index (χ4n) is 6.54. The third kappa shape index (κ3) is 5.50. The number of carbonyl (C=O) groups is 1. The number of amides is 1. The molecule has 0 spiro atoms. The number of nitrogens with two attached hydrogens (primary N) is 1. The Hall–Kier alpha value is -4.05. The highest BCUT2D eigenvalue weighted by Crippen LogP contribution is 2.45. The first-order valence-corrected chi connectivity index (χ1v) is 15.1. The summed E-state index contributed by atoms with van der Waals surface area (Å²) in [5.41, 5.74) is 0.00696. The van der Waals surface area contributed by atoms with Gasteiger partial charge in [0.2, 0.25) is 11.8 Å². The molecule has 248 valence electrons. The molecule has 2 aromatic heterocycles. The van der Waals surface area contributed by atoms with Crippen molar-refractivity contribution in [1.29, 1.82) is 0 Å². The number of pyridine rings is 1. The first kappa shape index (κ1) is 31.9. The number of fused-ring (bicyclic) bond motifs is 1. The van der Waals surface area contributed by atoms with Gasteiger partial charge in [0.15, 0.2) is 5.82 Å². The highest BCUT2D eigenvalue weighted by atomic mass is 19.4. The van der Waals surface area contributed by atoms with E-state index in [4.69, 9.17) is 15.2 Å². The van der Waals surface area contributed by atoms with E-state index in [0.29, 0.717) is 58.2 Å². The van der Waals surface area contributed by atoms with E-state index in [1.165, 1.54) is 0 Å². The number of nitrogens with zero attached hydrogens (tertiary/aromatic N) is 5. The van der Waals surface area contributed by atoms with Crippen molar-refractivity contribution in [1.82, 2.24) is 30.1 Å². The number of piperazine rings is 1. The highest BCUT2D eigenvalue weighted by molar-refractivity contribution is 5.97. The van der Waals surface area contributed by atoms with Crippen LogP contribution in [0.15, 0.2) is 6.07 Å². The van der Waals surface area contributed by atoms with Crippen molar-refractivity contribution >= 4 is 28.3 Å². The number of halogens is 5. The Bertz CT molecular complexity index is 1690. The Labute approximate surface area is 261 Å². The molecule has 2 atom stereocenters. The van der Waals surface area contributed by atoms with Crippen molar-refractivity contribution in [2.24, 2.45) is 0 Å². The average molecular weight is 651 g/mol. The lowest BCUT2D eigenvalue weighted by Gasteiger charge is -2.44. The molecule has 46 heavy (non-hydrogen) atoms. The summed E-state index contributed by atoms with van der Waals surface area (Å²) < 4.78 is 86.5. The lowest BCUT2D eigenvalue weighted by atomic mass is 9.93. The first-order chi connectivity index (χ1) is 21.8. The molecule has 2 fully saturated rings. The van der Waals surface area contributed by atoms with Crippen molar-refractivity contribution < 1.29 is 36.2 Å². The molecule has 11 nitrogen and oxygen atoms in total. The maximum atomic E-state index is 16.6. The normalized spacial score (nSPS) is 22.7. The smallest absolute Gasteiger partial charge is 0.417 e. The molecular weight excluding hydrogens is 615 g/mol. The van der Waals surface area contributed by atoms with E-state index in [9.17, 15) is 22.4 Å². The summed E-state index contributed by atoms with van der Waals surface area (Å²) in [4.78, 5) is 30.1. The van der Waals surface area contributed by atoms with E-state index < -0.39 is 63.0 Å². The number of likely N-dealkylation sites (N-methyl/N-ethyl adjacent to an activating group) is 1. The van der Waals surface area contributed by atoms with Gasteiger partial charge in [-0.3, -0.25) is 9.69 Å². The number of hydrogen-bond donors (Lipinski definition) is 3. The second kappa shape index (κ2) is 12.0. The molecule has 0 saturated carbocycles. The van der Waals surface area contributed by atoms with Crippen LogP contribution in [0, 0.1) is 18.6 Å². The quantitative estimate of drug-likeness (QED) is 0.284. The van der Waals surface area contributed by atoms with Gasteiger partial charge in [-0.15, -0.1) is 0 Å². The fourth-order valence-corrected chi connectivity index (χ4v) is 6.54. The zero-order chi connectivity index (χ0) is 33.0. The van der Waals surface area contributed by atoms with Crippen LogP contribution in [-0.2, 0) is 11.0 Å². The molecule has 6 rings (SSSR count). The predicted molar refractivity (Wildman–Crippen MR) is 160 cm³/mol. The monoisotopic (exact) mass is 650 g/mol. The molecule has 4 N–H and O–H groups in total. The summed E-state index contributed by atoms with van der Waals surface area (Å²) in [6.45, 7) is 5.91. The van der Waals surface area contributed by atoms with Gasteiger partial charge in [-0.05, 0) is 57.8 Å². The number of carbonyl (C=O) groups excluding carboxylic acids is 1. The second-order valence-electron chi connectivity index (χ2n) is 12.0. The minimum atomic E-state index is -5.07. The van der Waals surface area contributed by atoms with Gasteiger partial charge in [0.25, 0.3) is 0 Å². The number of aromatic nitrogens is 3. The van der Waals surface area contributed by atoms with E-state index in [-0.39, 0.29) is 35.6 Å². The molecule has 2 saturated heterocycles. The number of benzene rings is 1. The molecular formula is C30H35F5N8O3. The minimum Gasteiger partial charge on any atom is -0.474 e. The van der Waals surface area contributed by atoms with Crippen molar-refractivity contribution in [3.63, 3.8) is 0 Å². The number of nitrogen functional groups attached to an aromatic ring is 1. The average Bonchev–Trinajstić information content (AvgIpc) is 3.42. The standard InChI is InChI=1S/C30H35F5N8O3/c1-15-5-7-37-8-9-38-25-19-24(40-28(41-25)45-14-29-6-4-10-43(29)12-11-42(3)27(29)44)22(32)23(39-26(19)46-15)17-13-18(36)21(31)16(2)20(17)30(33,34)35/h13,15,37H,4-12,14,36H2,1-3H3,(H,38,40,41)/t15?,29-/m0/s1. The lowest BCUT2D eigenvalue weighted by Crippen LogP contribution is -2.64. The SMILES string of the molecule is Cc1c(F)c(N)cc(-c2nc3c4c(nc(OC[C@]56CCCN5CCN(C)C6=O)nc4c2F)NCCNCCC(C)O3)c1C(F)(F)F. The van der Waals surface area contributed by atoms with Crippen molar-refractivity contribution in [3.05, 3.63) is 28.8 Å². The van der Waals surface area contributed by atoms with Gasteiger partial charge in [0.05, 0.1) is 17.4 Å². The van der Waals surface area contributed by atoms with Crippen LogP contribution in [0.4, 0.5) is 33.5 Å². The zero-order valence-corrected chi connectivity index (χ0v) is 25.7. The number of nitrogens with one attached hydrogen (secondary N) is 2. The van der Waals surface area contributed by atoms with Gasteiger partial charge in [0.1, 0.15) is 40.4 Å². The van der Waals surface area contributed by atoms with E-state index in [2.05, 4.69) is 30.5 Å². The zero-order valence-electron chi connectivity index (χ0n) is 25.7. The molecule has 1 unspecified atom stereocenters. The molecule has 0 bridgehead atoms. The number of ether oxygens (including phenoxy) is 2. The minimum absolute atomic E-state index is 0.00292. The lowest BCUT2D eigenvalue weighted by molar-refractivity contribution is -0.149. The predicted octanol–water partition coefficient (Wildman–Crippen LogP) is 3.74. The number of rotatable bonds is 4. The van der Waals surface area contributed by atoms with Crippen LogP contribution in [0.3, 0.4) is 0 Å².